The van der Waals surface area contributed by atoms with Gasteiger partial charge in [-0.3, -0.25) is 4.79 Å². The van der Waals surface area contributed by atoms with Gasteiger partial charge in [0.05, 0.1) is 0 Å². The molecule has 3 rings (SSSR count). The summed E-state index contributed by atoms with van der Waals surface area (Å²) in [5.41, 5.74) is 8.02. The molecule has 0 spiro atoms. The molecular formula is C18H20N2O. The van der Waals surface area contributed by atoms with Crippen molar-refractivity contribution in [1.29, 1.82) is 0 Å². The Kier molecular flexibility index (Phi) is 3.65. The predicted molar refractivity (Wildman–Crippen MR) is 86.3 cm³/mol. The van der Waals surface area contributed by atoms with Crippen molar-refractivity contribution in [3.8, 4) is 0 Å². The molecule has 0 aliphatic heterocycles. The van der Waals surface area contributed by atoms with E-state index in [1.807, 2.05) is 35.2 Å². The van der Waals surface area contributed by atoms with Crippen LogP contribution in [0.5, 0.6) is 0 Å². The molecule has 1 aliphatic rings. The lowest BCUT2D eigenvalue weighted by Crippen LogP contribution is -2.40. The summed E-state index contributed by atoms with van der Waals surface area (Å²) in [6, 6.07) is 17.3. The minimum absolute atomic E-state index is 0.0422. The molecule has 108 valence electrons. The molecule has 0 saturated heterocycles. The van der Waals surface area contributed by atoms with Gasteiger partial charge in [0, 0.05) is 23.0 Å². The maximum atomic E-state index is 12.9. The Bertz CT molecular complexity index is 617. The number of rotatable bonds is 4. The van der Waals surface area contributed by atoms with Gasteiger partial charge in [-0.05, 0) is 62.1 Å². The van der Waals surface area contributed by atoms with Gasteiger partial charge in [0.2, 0.25) is 0 Å². The molecule has 0 aromatic heterocycles. The Morgan fingerprint density at radius 3 is 2.29 bits per heavy atom. The number of carbonyl (C=O) groups excluding carboxylic acids is 1. The fourth-order valence-electron chi connectivity index (χ4n) is 2.68. The third kappa shape index (κ3) is 2.92. The quantitative estimate of drug-likeness (QED) is 0.868. The molecule has 0 unspecified atom stereocenters. The average molecular weight is 280 g/mol. The summed E-state index contributed by atoms with van der Waals surface area (Å²) in [6.07, 6.45) is 2.42. The Morgan fingerprint density at radius 2 is 1.71 bits per heavy atom. The van der Waals surface area contributed by atoms with Gasteiger partial charge in [-0.15, -0.1) is 0 Å². The lowest BCUT2D eigenvalue weighted by molar-refractivity contribution is 0.0975. The smallest absolute Gasteiger partial charge is 0.258 e. The zero-order chi connectivity index (χ0) is 14.8. The van der Waals surface area contributed by atoms with Crippen molar-refractivity contribution in [3.05, 3.63) is 60.2 Å². The molecule has 2 N–H and O–H groups in total. The number of amides is 1. The van der Waals surface area contributed by atoms with E-state index in [0.29, 0.717) is 17.2 Å². The molecule has 0 heterocycles. The van der Waals surface area contributed by atoms with Crippen LogP contribution in [0.15, 0.2) is 54.6 Å². The molecule has 1 aliphatic carbocycles. The van der Waals surface area contributed by atoms with Gasteiger partial charge in [-0.2, -0.15) is 0 Å². The first-order valence-electron chi connectivity index (χ1n) is 7.41. The second-order valence-corrected chi connectivity index (χ2v) is 5.71. The number of nitrogen functional groups attached to an aromatic ring is 1. The van der Waals surface area contributed by atoms with Crippen molar-refractivity contribution >= 4 is 17.3 Å². The van der Waals surface area contributed by atoms with Crippen molar-refractivity contribution in [1.82, 2.24) is 0 Å². The van der Waals surface area contributed by atoms with Crippen molar-refractivity contribution < 1.29 is 4.79 Å². The summed E-state index contributed by atoms with van der Waals surface area (Å²) in [7, 11) is 0. The number of carbonyl (C=O) groups is 1. The third-order valence-electron chi connectivity index (χ3n) is 4.12. The van der Waals surface area contributed by atoms with E-state index >= 15 is 0 Å². The van der Waals surface area contributed by atoms with Crippen LogP contribution in [0, 0.1) is 5.92 Å². The van der Waals surface area contributed by atoms with Crippen LogP contribution in [0.25, 0.3) is 0 Å². The van der Waals surface area contributed by atoms with Gasteiger partial charge in [-0.25, -0.2) is 0 Å². The molecule has 0 bridgehead atoms. The fourth-order valence-corrected chi connectivity index (χ4v) is 2.68. The van der Waals surface area contributed by atoms with Crippen LogP contribution in [0.1, 0.15) is 30.1 Å². The van der Waals surface area contributed by atoms with Crippen LogP contribution in [-0.4, -0.2) is 11.9 Å². The molecule has 0 radical (unpaired) electrons. The Balaban J connectivity index is 1.94. The Morgan fingerprint density at radius 1 is 1.10 bits per heavy atom. The lowest BCUT2D eigenvalue weighted by Gasteiger charge is -2.29. The summed E-state index contributed by atoms with van der Waals surface area (Å²) < 4.78 is 0. The topological polar surface area (TPSA) is 46.3 Å². The molecule has 1 atom stereocenters. The van der Waals surface area contributed by atoms with Crippen LogP contribution in [0.2, 0.25) is 0 Å². The van der Waals surface area contributed by atoms with Gasteiger partial charge in [0.15, 0.2) is 0 Å². The lowest BCUT2D eigenvalue weighted by atomic mass is 10.1. The highest BCUT2D eigenvalue weighted by Crippen LogP contribution is 2.37. The van der Waals surface area contributed by atoms with Crippen LogP contribution < -0.4 is 10.6 Å². The third-order valence-corrected chi connectivity index (χ3v) is 4.12. The number of anilines is 2. The summed E-state index contributed by atoms with van der Waals surface area (Å²) >= 11 is 0. The van der Waals surface area contributed by atoms with E-state index in [4.69, 9.17) is 5.73 Å². The Hall–Kier alpha value is -2.29. The zero-order valence-electron chi connectivity index (χ0n) is 12.2. The summed E-state index contributed by atoms with van der Waals surface area (Å²) in [5.74, 6) is 0.656. The summed E-state index contributed by atoms with van der Waals surface area (Å²) in [4.78, 5) is 14.8. The van der Waals surface area contributed by atoms with E-state index < -0.39 is 0 Å². The van der Waals surface area contributed by atoms with Crippen LogP contribution >= 0.6 is 0 Å². The molecular weight excluding hydrogens is 260 g/mol. The van der Waals surface area contributed by atoms with E-state index in [9.17, 15) is 4.79 Å². The van der Waals surface area contributed by atoms with Crippen LogP contribution in [-0.2, 0) is 0 Å². The normalized spacial score (nSPS) is 15.5. The van der Waals surface area contributed by atoms with Gasteiger partial charge in [0.1, 0.15) is 0 Å². The molecule has 21 heavy (non-hydrogen) atoms. The van der Waals surface area contributed by atoms with E-state index in [1.165, 1.54) is 12.8 Å². The number of benzene rings is 2. The number of para-hydroxylation sites is 1. The maximum absolute atomic E-state index is 12.9. The highest BCUT2D eigenvalue weighted by atomic mass is 16.2. The van der Waals surface area contributed by atoms with Crippen molar-refractivity contribution in [2.24, 2.45) is 5.92 Å². The van der Waals surface area contributed by atoms with Gasteiger partial charge < -0.3 is 10.6 Å². The highest BCUT2D eigenvalue weighted by molar-refractivity contribution is 6.06. The molecule has 1 amide bonds. The van der Waals surface area contributed by atoms with E-state index in [-0.39, 0.29) is 11.9 Å². The first-order valence-corrected chi connectivity index (χ1v) is 7.41. The van der Waals surface area contributed by atoms with Gasteiger partial charge >= 0.3 is 0 Å². The van der Waals surface area contributed by atoms with Crippen LogP contribution in [0.4, 0.5) is 11.4 Å². The maximum Gasteiger partial charge on any atom is 0.258 e. The van der Waals surface area contributed by atoms with Crippen molar-refractivity contribution in [2.45, 2.75) is 25.8 Å². The number of nitrogens with two attached hydrogens (primary N) is 1. The second-order valence-electron chi connectivity index (χ2n) is 5.71. The first kappa shape index (κ1) is 13.7. The van der Waals surface area contributed by atoms with E-state index in [2.05, 4.69) is 6.92 Å². The van der Waals surface area contributed by atoms with Crippen LogP contribution in [0.3, 0.4) is 0 Å². The van der Waals surface area contributed by atoms with Crippen molar-refractivity contribution in [3.63, 3.8) is 0 Å². The number of hydrogen-bond acceptors (Lipinski definition) is 2. The SMILES string of the molecule is C[C@@H](C1CC1)N(C(=O)c1ccc(N)cc1)c1ccccc1. The summed E-state index contributed by atoms with van der Waals surface area (Å²) in [5, 5.41) is 0. The number of hydrogen-bond donors (Lipinski definition) is 1. The molecule has 2 aromatic rings. The highest BCUT2D eigenvalue weighted by Gasteiger charge is 2.35. The monoisotopic (exact) mass is 280 g/mol. The predicted octanol–water partition coefficient (Wildman–Crippen LogP) is 3.71. The van der Waals surface area contributed by atoms with Crippen molar-refractivity contribution in [2.75, 3.05) is 10.6 Å². The molecule has 1 fully saturated rings. The minimum Gasteiger partial charge on any atom is -0.399 e. The standard InChI is InChI=1S/C18H20N2O/c1-13(14-7-8-14)20(17-5-3-2-4-6-17)18(21)15-9-11-16(19)12-10-15/h2-6,9-14H,7-8,19H2,1H3/t13-/m0/s1. The fraction of sp³-hybridized carbons (Fsp3) is 0.278. The molecule has 2 aromatic carbocycles. The second kappa shape index (κ2) is 5.60. The van der Waals surface area contributed by atoms with Gasteiger partial charge in [-0.1, -0.05) is 18.2 Å². The average Bonchev–Trinajstić information content (AvgIpc) is 3.34. The summed E-state index contributed by atoms with van der Waals surface area (Å²) in [6.45, 7) is 2.14. The zero-order valence-corrected chi connectivity index (χ0v) is 12.2. The number of nitrogens with zero attached hydrogens (tertiary/aromatic N) is 1. The van der Waals surface area contributed by atoms with E-state index in [1.54, 1.807) is 24.3 Å². The van der Waals surface area contributed by atoms with Gasteiger partial charge in [0.25, 0.3) is 5.91 Å². The Labute approximate surface area is 125 Å². The molecule has 1 saturated carbocycles. The first-order chi connectivity index (χ1) is 10.2. The molecule has 3 heteroatoms. The minimum atomic E-state index is 0.0422. The largest absolute Gasteiger partial charge is 0.399 e. The van der Waals surface area contributed by atoms with E-state index in [0.717, 1.165) is 5.69 Å². The molecule has 3 nitrogen and oxygen atoms in total.